The van der Waals surface area contributed by atoms with Crippen molar-refractivity contribution >= 4 is 29.2 Å². The summed E-state index contributed by atoms with van der Waals surface area (Å²) in [6.07, 6.45) is 1.46. The zero-order valence-electron chi connectivity index (χ0n) is 17.4. The van der Waals surface area contributed by atoms with E-state index < -0.39 is 0 Å². The van der Waals surface area contributed by atoms with Gasteiger partial charge in [-0.25, -0.2) is 4.79 Å². The van der Waals surface area contributed by atoms with Crippen molar-refractivity contribution in [2.45, 2.75) is 19.8 Å². The fraction of sp³-hybridized carbons (Fsp3) is 0.348. The summed E-state index contributed by atoms with van der Waals surface area (Å²) in [5, 5.41) is 5.67. The molecule has 0 unspecified atom stereocenters. The smallest absolute Gasteiger partial charge is 0.321 e. The van der Waals surface area contributed by atoms with Crippen molar-refractivity contribution < 1.29 is 14.4 Å². The molecule has 4 amide bonds. The van der Waals surface area contributed by atoms with E-state index >= 15 is 0 Å². The van der Waals surface area contributed by atoms with Crippen molar-refractivity contribution in [3.63, 3.8) is 0 Å². The molecule has 7 heteroatoms. The van der Waals surface area contributed by atoms with E-state index in [-0.39, 0.29) is 30.3 Å². The summed E-state index contributed by atoms with van der Waals surface area (Å²) in [5.74, 6) is -0.673. The molecule has 7 nitrogen and oxygen atoms in total. The maximum atomic E-state index is 12.8. The van der Waals surface area contributed by atoms with Crippen LogP contribution >= 0.6 is 0 Å². The quantitative estimate of drug-likeness (QED) is 0.796. The Kier molecular flexibility index (Phi) is 7.06. The first-order chi connectivity index (χ1) is 14.4. The molecule has 0 bridgehead atoms. The summed E-state index contributed by atoms with van der Waals surface area (Å²) in [5.41, 5.74) is 2.53. The number of anilines is 2. The molecule has 3 rings (SSSR count). The number of rotatable bonds is 5. The average molecular weight is 409 g/mol. The number of urea groups is 1. The van der Waals surface area contributed by atoms with Gasteiger partial charge in [-0.3, -0.25) is 9.59 Å². The van der Waals surface area contributed by atoms with Crippen LogP contribution in [0.25, 0.3) is 0 Å². The van der Waals surface area contributed by atoms with Gasteiger partial charge in [0.05, 0.1) is 12.5 Å². The number of nitrogens with one attached hydrogen (secondary N) is 2. The van der Waals surface area contributed by atoms with Gasteiger partial charge in [-0.05, 0) is 44.0 Å². The molecule has 2 aromatic carbocycles. The lowest BCUT2D eigenvalue weighted by atomic mass is 9.97. The van der Waals surface area contributed by atoms with E-state index in [0.29, 0.717) is 25.2 Å². The Bertz CT molecular complexity index is 883. The summed E-state index contributed by atoms with van der Waals surface area (Å²) < 4.78 is 0. The highest BCUT2D eigenvalue weighted by Gasteiger charge is 2.30. The summed E-state index contributed by atoms with van der Waals surface area (Å²) in [6.45, 7) is 2.91. The lowest BCUT2D eigenvalue weighted by molar-refractivity contribution is -0.138. The first-order valence-electron chi connectivity index (χ1n) is 10.1. The van der Waals surface area contributed by atoms with Crippen LogP contribution in [0.15, 0.2) is 54.6 Å². The molecule has 2 aromatic rings. The second kappa shape index (κ2) is 9.91. The number of likely N-dealkylation sites (N-methyl/N-ethyl adjacent to an activating group) is 1. The molecule has 2 N–H and O–H groups in total. The van der Waals surface area contributed by atoms with Crippen LogP contribution in [0.2, 0.25) is 0 Å². The van der Waals surface area contributed by atoms with Crippen LogP contribution in [0, 0.1) is 12.8 Å². The van der Waals surface area contributed by atoms with Gasteiger partial charge in [0.15, 0.2) is 0 Å². The number of likely N-dealkylation sites (tertiary alicyclic amines) is 1. The van der Waals surface area contributed by atoms with Crippen LogP contribution in [0.1, 0.15) is 18.4 Å². The molecule has 0 saturated carbocycles. The number of amides is 4. The maximum absolute atomic E-state index is 12.8. The minimum absolute atomic E-state index is 0.0284. The number of benzene rings is 2. The zero-order valence-corrected chi connectivity index (χ0v) is 17.4. The minimum atomic E-state index is -0.308. The molecule has 1 heterocycles. The van der Waals surface area contributed by atoms with E-state index in [1.54, 1.807) is 11.9 Å². The summed E-state index contributed by atoms with van der Waals surface area (Å²) >= 11 is 0. The topological polar surface area (TPSA) is 81.8 Å². The number of aryl methyl sites for hydroxylation is 1. The van der Waals surface area contributed by atoms with Gasteiger partial charge in [0.25, 0.3) is 0 Å². The van der Waals surface area contributed by atoms with Crippen molar-refractivity contribution in [2.75, 3.05) is 37.3 Å². The van der Waals surface area contributed by atoms with Gasteiger partial charge in [-0.2, -0.15) is 0 Å². The van der Waals surface area contributed by atoms with Crippen molar-refractivity contribution in [1.29, 1.82) is 0 Å². The Balaban J connectivity index is 1.51. The number of para-hydroxylation sites is 1. The molecule has 0 aliphatic carbocycles. The first-order valence-corrected chi connectivity index (χ1v) is 10.1. The lowest BCUT2D eigenvalue weighted by Crippen LogP contribution is -2.48. The standard InChI is InChI=1S/C23H28N4O3/c1-17-10-12-20(13-11-17)24-21(28)16-26(2)22(29)18-7-6-14-27(15-18)23(30)25-19-8-4-3-5-9-19/h3-5,8-13,18H,6-7,14-16H2,1-2H3,(H,24,28)(H,25,30)/t18-/m1/s1. The number of piperidine rings is 1. The Hall–Kier alpha value is -3.35. The molecule has 0 radical (unpaired) electrons. The zero-order chi connectivity index (χ0) is 21.5. The van der Waals surface area contributed by atoms with Crippen molar-refractivity contribution in [3.8, 4) is 0 Å². The molecule has 158 valence electrons. The molecule has 0 spiro atoms. The Morgan fingerprint density at radius 3 is 2.37 bits per heavy atom. The minimum Gasteiger partial charge on any atom is -0.336 e. The van der Waals surface area contributed by atoms with E-state index in [1.807, 2.05) is 61.5 Å². The van der Waals surface area contributed by atoms with Gasteiger partial charge < -0.3 is 20.4 Å². The number of nitrogens with zero attached hydrogens (tertiary/aromatic N) is 2. The number of hydrogen-bond acceptors (Lipinski definition) is 3. The molecule has 0 aromatic heterocycles. The summed E-state index contributed by atoms with van der Waals surface area (Å²) in [4.78, 5) is 40.8. The Labute approximate surface area is 177 Å². The molecule has 1 fully saturated rings. The average Bonchev–Trinajstić information content (AvgIpc) is 2.75. The highest BCUT2D eigenvalue weighted by Crippen LogP contribution is 2.20. The highest BCUT2D eigenvalue weighted by molar-refractivity contribution is 5.95. The number of carbonyl (C=O) groups excluding carboxylic acids is 3. The van der Waals surface area contributed by atoms with Gasteiger partial charge in [-0.15, -0.1) is 0 Å². The van der Waals surface area contributed by atoms with E-state index in [2.05, 4.69) is 10.6 Å². The predicted octanol–water partition coefficient (Wildman–Crippen LogP) is 3.34. The van der Waals surface area contributed by atoms with Gasteiger partial charge >= 0.3 is 6.03 Å². The van der Waals surface area contributed by atoms with E-state index in [4.69, 9.17) is 0 Å². The Morgan fingerprint density at radius 2 is 1.67 bits per heavy atom. The number of hydrogen-bond donors (Lipinski definition) is 2. The largest absolute Gasteiger partial charge is 0.336 e. The molecular weight excluding hydrogens is 380 g/mol. The second-order valence-electron chi connectivity index (χ2n) is 7.69. The third kappa shape index (κ3) is 5.83. The van der Waals surface area contributed by atoms with E-state index in [0.717, 1.165) is 17.7 Å². The van der Waals surface area contributed by atoms with Crippen molar-refractivity contribution in [2.24, 2.45) is 5.92 Å². The van der Waals surface area contributed by atoms with Crippen LogP contribution in [-0.2, 0) is 9.59 Å². The van der Waals surface area contributed by atoms with Crippen LogP contribution < -0.4 is 10.6 Å². The van der Waals surface area contributed by atoms with Crippen LogP contribution in [0.3, 0.4) is 0 Å². The SMILES string of the molecule is Cc1ccc(NC(=O)CN(C)C(=O)[C@@H]2CCCN(C(=O)Nc3ccccc3)C2)cc1. The van der Waals surface area contributed by atoms with Crippen molar-refractivity contribution in [1.82, 2.24) is 9.80 Å². The normalized spacial score (nSPS) is 15.9. The molecule has 30 heavy (non-hydrogen) atoms. The molecule has 1 aliphatic rings. The van der Waals surface area contributed by atoms with Crippen LogP contribution in [-0.4, -0.2) is 54.3 Å². The number of carbonyl (C=O) groups is 3. The molecular formula is C23H28N4O3. The maximum Gasteiger partial charge on any atom is 0.321 e. The van der Waals surface area contributed by atoms with Gasteiger partial charge in [0.2, 0.25) is 11.8 Å². The fourth-order valence-corrected chi connectivity index (χ4v) is 3.53. The first kappa shape index (κ1) is 21.4. The van der Waals surface area contributed by atoms with Gasteiger partial charge in [0.1, 0.15) is 0 Å². The van der Waals surface area contributed by atoms with Crippen LogP contribution in [0.4, 0.5) is 16.2 Å². The van der Waals surface area contributed by atoms with E-state index in [9.17, 15) is 14.4 Å². The molecule has 1 atom stereocenters. The summed E-state index contributed by atoms with van der Waals surface area (Å²) in [6, 6.07) is 16.5. The monoisotopic (exact) mass is 408 g/mol. The third-order valence-electron chi connectivity index (χ3n) is 5.18. The highest BCUT2D eigenvalue weighted by atomic mass is 16.2. The van der Waals surface area contributed by atoms with Crippen LogP contribution in [0.5, 0.6) is 0 Å². The fourth-order valence-electron chi connectivity index (χ4n) is 3.53. The van der Waals surface area contributed by atoms with E-state index in [1.165, 1.54) is 4.90 Å². The summed E-state index contributed by atoms with van der Waals surface area (Å²) in [7, 11) is 1.63. The van der Waals surface area contributed by atoms with Gasteiger partial charge in [0, 0.05) is 31.5 Å². The van der Waals surface area contributed by atoms with Gasteiger partial charge in [-0.1, -0.05) is 35.9 Å². The second-order valence-corrected chi connectivity index (χ2v) is 7.69. The van der Waals surface area contributed by atoms with Crippen molar-refractivity contribution in [3.05, 3.63) is 60.2 Å². The predicted molar refractivity (Wildman–Crippen MR) is 117 cm³/mol. The lowest BCUT2D eigenvalue weighted by Gasteiger charge is -2.33. The third-order valence-corrected chi connectivity index (χ3v) is 5.18. The molecule has 1 saturated heterocycles. The Morgan fingerprint density at radius 1 is 1.00 bits per heavy atom. The molecule has 1 aliphatic heterocycles.